The van der Waals surface area contributed by atoms with Crippen LogP contribution in [0.15, 0.2) is 29.5 Å². The lowest BCUT2D eigenvalue weighted by atomic mass is 9.94. The summed E-state index contributed by atoms with van der Waals surface area (Å²) in [4.78, 5) is 32.3. The fourth-order valence-corrected chi connectivity index (χ4v) is 4.91. The number of benzene rings is 1. The first kappa shape index (κ1) is 21.8. The van der Waals surface area contributed by atoms with Gasteiger partial charge in [0.15, 0.2) is 5.76 Å². The van der Waals surface area contributed by atoms with Gasteiger partial charge in [0.05, 0.1) is 27.2 Å². The van der Waals surface area contributed by atoms with Crippen molar-refractivity contribution in [1.29, 1.82) is 0 Å². The number of carbonyl (C=O) groups excluding carboxylic acids is 2. The zero-order valence-electron chi connectivity index (χ0n) is 16.2. The van der Waals surface area contributed by atoms with Crippen molar-refractivity contribution in [3.8, 4) is 0 Å². The molecule has 29 heavy (non-hydrogen) atoms. The van der Waals surface area contributed by atoms with E-state index in [1.165, 1.54) is 16.2 Å². The van der Waals surface area contributed by atoms with E-state index in [9.17, 15) is 14.7 Å². The van der Waals surface area contributed by atoms with Crippen LogP contribution in [0.1, 0.15) is 38.4 Å². The summed E-state index contributed by atoms with van der Waals surface area (Å²) in [5, 5.41) is 12.0. The number of ketones is 1. The number of thiazole rings is 1. The molecule has 154 valence electrons. The van der Waals surface area contributed by atoms with E-state index < -0.39 is 23.5 Å². The normalized spacial score (nSPS) is 16.8. The third-order valence-electron chi connectivity index (χ3n) is 4.68. The van der Waals surface area contributed by atoms with Gasteiger partial charge in [-0.25, -0.2) is 4.98 Å². The largest absolute Gasteiger partial charge is 0.503 e. The first-order valence-corrected chi connectivity index (χ1v) is 10.5. The van der Waals surface area contributed by atoms with Crippen molar-refractivity contribution in [2.24, 2.45) is 0 Å². The summed E-state index contributed by atoms with van der Waals surface area (Å²) in [6.07, 6.45) is 0.522. The van der Waals surface area contributed by atoms with Crippen LogP contribution in [0.25, 0.3) is 0 Å². The summed E-state index contributed by atoms with van der Waals surface area (Å²) in [5.41, 5.74) is 0.925. The lowest BCUT2D eigenvalue weighted by Crippen LogP contribution is -2.33. The van der Waals surface area contributed by atoms with Gasteiger partial charge in [0, 0.05) is 35.9 Å². The quantitative estimate of drug-likeness (QED) is 0.485. The summed E-state index contributed by atoms with van der Waals surface area (Å²) in [5.74, 6) is -1.67. The van der Waals surface area contributed by atoms with Crippen LogP contribution in [0.4, 0.5) is 0 Å². The average Bonchev–Trinajstić information content (AvgIpc) is 3.12. The maximum Gasteiger partial charge on any atom is 0.290 e. The van der Waals surface area contributed by atoms with Crippen molar-refractivity contribution < 1.29 is 19.4 Å². The molecule has 0 bridgehead atoms. The molecule has 1 unspecified atom stereocenters. The fraction of sp³-hybridized carbons (Fsp3) is 0.350. The highest BCUT2D eigenvalue weighted by Crippen LogP contribution is 2.44. The summed E-state index contributed by atoms with van der Waals surface area (Å²) in [6, 6.07) is 4.07. The molecule has 6 nitrogen and oxygen atoms in total. The molecule has 1 aromatic carbocycles. The number of aryl methyl sites for hydroxylation is 2. The monoisotopic (exact) mass is 454 g/mol. The molecule has 2 aromatic rings. The highest BCUT2D eigenvalue weighted by Gasteiger charge is 2.45. The molecule has 9 heteroatoms. The van der Waals surface area contributed by atoms with Crippen LogP contribution in [-0.4, -0.2) is 46.9 Å². The number of hydrogen-bond acceptors (Lipinski definition) is 6. The molecule has 0 aliphatic carbocycles. The molecule has 0 radical (unpaired) electrons. The summed E-state index contributed by atoms with van der Waals surface area (Å²) in [7, 11) is 1.56. The Morgan fingerprint density at radius 2 is 1.97 bits per heavy atom. The number of aliphatic hydroxyl groups is 1. The minimum Gasteiger partial charge on any atom is -0.503 e. The van der Waals surface area contributed by atoms with E-state index in [1.54, 1.807) is 39.2 Å². The number of methoxy groups -OCH3 is 1. The van der Waals surface area contributed by atoms with Crippen LogP contribution in [0.5, 0.6) is 0 Å². The number of amides is 1. The van der Waals surface area contributed by atoms with Gasteiger partial charge in [-0.3, -0.25) is 9.59 Å². The number of nitrogens with zero attached hydrogens (tertiary/aromatic N) is 2. The predicted molar refractivity (Wildman–Crippen MR) is 113 cm³/mol. The molecule has 0 saturated heterocycles. The Morgan fingerprint density at radius 1 is 1.31 bits per heavy atom. The van der Waals surface area contributed by atoms with Crippen molar-refractivity contribution in [3.63, 3.8) is 0 Å². The number of aromatic nitrogens is 1. The molecule has 1 aliphatic heterocycles. The Balaban J connectivity index is 2.14. The van der Waals surface area contributed by atoms with Crippen molar-refractivity contribution in [1.82, 2.24) is 9.88 Å². The molecule has 1 aliphatic rings. The second-order valence-corrected chi connectivity index (χ2v) is 8.64. The Kier molecular flexibility index (Phi) is 6.63. The van der Waals surface area contributed by atoms with Crippen molar-refractivity contribution >= 4 is 46.2 Å². The van der Waals surface area contributed by atoms with Crippen LogP contribution in [0, 0.1) is 13.8 Å². The summed E-state index contributed by atoms with van der Waals surface area (Å²) in [6.45, 7) is 4.20. The zero-order chi connectivity index (χ0) is 21.3. The number of ether oxygens (including phenoxy) is 1. The number of carbonyl (C=O) groups is 2. The van der Waals surface area contributed by atoms with Crippen molar-refractivity contribution in [2.75, 3.05) is 20.3 Å². The number of hydrogen-bond donors (Lipinski definition) is 1. The molecule has 1 N–H and O–H groups in total. The van der Waals surface area contributed by atoms with Gasteiger partial charge in [-0.2, -0.15) is 0 Å². The highest BCUT2D eigenvalue weighted by molar-refractivity contribution is 7.14. The molecule has 1 atom stereocenters. The number of Topliss-reactive ketones (excluding diaryl/α,β-unsaturated/α-hetero) is 1. The van der Waals surface area contributed by atoms with Crippen LogP contribution in [0.2, 0.25) is 10.0 Å². The fourth-order valence-electron chi connectivity index (χ4n) is 3.43. The second kappa shape index (κ2) is 8.83. The van der Waals surface area contributed by atoms with E-state index in [0.29, 0.717) is 39.2 Å². The van der Waals surface area contributed by atoms with Gasteiger partial charge >= 0.3 is 0 Å². The van der Waals surface area contributed by atoms with Crippen molar-refractivity contribution in [3.05, 3.63) is 60.7 Å². The molecule has 1 aromatic heterocycles. The lowest BCUT2D eigenvalue weighted by molar-refractivity contribution is -0.129. The van der Waals surface area contributed by atoms with E-state index >= 15 is 0 Å². The number of rotatable bonds is 7. The number of halogens is 2. The van der Waals surface area contributed by atoms with E-state index in [2.05, 4.69) is 4.98 Å². The van der Waals surface area contributed by atoms with Gasteiger partial charge in [0.2, 0.25) is 5.78 Å². The van der Waals surface area contributed by atoms with Crippen molar-refractivity contribution in [2.45, 2.75) is 26.3 Å². The summed E-state index contributed by atoms with van der Waals surface area (Å²) < 4.78 is 5.07. The molecular formula is C20H20Cl2N2O4S. The Morgan fingerprint density at radius 3 is 2.52 bits per heavy atom. The SMILES string of the molecule is COCCCN1C(=O)C(O)=C(C(=O)c2sc(C)nc2C)C1c1c(Cl)cccc1Cl. The first-order chi connectivity index (χ1) is 13.8. The second-order valence-electron chi connectivity index (χ2n) is 6.62. The van der Waals surface area contributed by atoms with Crippen LogP contribution >= 0.6 is 34.5 Å². The standard InChI is InChI=1S/C20H20Cl2N2O4S/c1-10-19(29-11(2)23-10)17(25)15-16(14-12(21)6-4-7-13(14)22)24(8-5-9-28-3)20(27)18(15)26/h4,6-7,16,26H,5,8-9H2,1-3H3. The molecule has 0 fully saturated rings. The third-order valence-corrected chi connectivity index (χ3v) is 6.41. The van der Waals surface area contributed by atoms with Gasteiger partial charge in [-0.15, -0.1) is 11.3 Å². The van der Waals surface area contributed by atoms with Gasteiger partial charge in [0.25, 0.3) is 5.91 Å². The third kappa shape index (κ3) is 4.05. The number of aliphatic hydroxyl groups excluding tert-OH is 1. The summed E-state index contributed by atoms with van der Waals surface area (Å²) >= 11 is 14.0. The van der Waals surface area contributed by atoms with Gasteiger partial charge < -0.3 is 14.7 Å². The minimum atomic E-state index is -0.894. The van der Waals surface area contributed by atoms with Crippen LogP contribution in [0.3, 0.4) is 0 Å². The molecule has 0 saturated carbocycles. The Labute approximate surface area is 182 Å². The molecule has 3 rings (SSSR count). The molecule has 2 heterocycles. The molecule has 0 spiro atoms. The van der Waals surface area contributed by atoms with E-state index in [-0.39, 0.29) is 12.1 Å². The molecular weight excluding hydrogens is 435 g/mol. The Bertz CT molecular complexity index is 982. The maximum atomic E-state index is 13.4. The van der Waals surface area contributed by atoms with Crippen LogP contribution < -0.4 is 0 Å². The van der Waals surface area contributed by atoms with Gasteiger partial charge in [-0.1, -0.05) is 29.3 Å². The van der Waals surface area contributed by atoms with E-state index in [4.69, 9.17) is 27.9 Å². The first-order valence-electron chi connectivity index (χ1n) is 8.93. The highest BCUT2D eigenvalue weighted by atomic mass is 35.5. The predicted octanol–water partition coefficient (Wildman–Crippen LogP) is 4.68. The Hall–Kier alpha value is -1.93. The zero-order valence-corrected chi connectivity index (χ0v) is 18.5. The van der Waals surface area contributed by atoms with Gasteiger partial charge in [-0.05, 0) is 32.4 Å². The lowest BCUT2D eigenvalue weighted by Gasteiger charge is -2.28. The van der Waals surface area contributed by atoms with E-state index in [0.717, 1.165) is 5.01 Å². The molecule has 1 amide bonds. The smallest absolute Gasteiger partial charge is 0.290 e. The van der Waals surface area contributed by atoms with Crippen LogP contribution in [-0.2, 0) is 9.53 Å². The van der Waals surface area contributed by atoms with Gasteiger partial charge in [0.1, 0.15) is 0 Å². The topological polar surface area (TPSA) is 79.7 Å². The van der Waals surface area contributed by atoms with E-state index in [1.807, 2.05) is 0 Å². The average molecular weight is 455 g/mol. The minimum absolute atomic E-state index is 0.0332. The maximum absolute atomic E-state index is 13.4.